The highest BCUT2D eigenvalue weighted by atomic mass is 79.9. The zero-order valence-corrected chi connectivity index (χ0v) is 24.7. The van der Waals surface area contributed by atoms with Crippen LogP contribution >= 0.6 is 15.9 Å². The summed E-state index contributed by atoms with van der Waals surface area (Å²) in [6.45, 7) is 3.85. The molecule has 5 rings (SSSR count). The number of hydrogen-bond donors (Lipinski definition) is 2. The molecule has 3 fully saturated rings. The van der Waals surface area contributed by atoms with Gasteiger partial charge in [-0.05, 0) is 73.8 Å². The number of rotatable bonds is 7. The fourth-order valence-corrected chi connectivity index (χ4v) is 7.52. The second-order valence-corrected chi connectivity index (χ2v) is 13.4. The van der Waals surface area contributed by atoms with E-state index in [0.717, 1.165) is 41.2 Å². The first-order valence-corrected chi connectivity index (χ1v) is 15.9. The quantitative estimate of drug-likeness (QED) is 0.474. The minimum absolute atomic E-state index is 0.0837. The van der Waals surface area contributed by atoms with Crippen LogP contribution in [0.5, 0.6) is 0 Å². The summed E-state index contributed by atoms with van der Waals surface area (Å²) in [5.41, 5.74) is 5.53. The van der Waals surface area contributed by atoms with Crippen molar-refractivity contribution < 1.29 is 22.8 Å². The minimum atomic E-state index is -3.96. The van der Waals surface area contributed by atoms with Gasteiger partial charge in [0.1, 0.15) is 6.04 Å². The fraction of sp³-hybridized carbons (Fsp3) is 0.519. The van der Waals surface area contributed by atoms with Crippen molar-refractivity contribution in [2.24, 2.45) is 5.73 Å². The van der Waals surface area contributed by atoms with E-state index in [-0.39, 0.29) is 23.4 Å². The van der Waals surface area contributed by atoms with Crippen LogP contribution in [-0.2, 0) is 19.6 Å². The molecule has 3 N–H and O–H groups in total. The van der Waals surface area contributed by atoms with E-state index < -0.39 is 28.0 Å². The molecule has 0 bridgehead atoms. The van der Waals surface area contributed by atoms with E-state index in [2.05, 4.69) is 25.6 Å². The summed E-state index contributed by atoms with van der Waals surface area (Å²) in [5.74, 6) is -0.606. The van der Waals surface area contributed by atoms with Crippen LogP contribution in [0, 0.1) is 0 Å². The molecule has 2 aromatic rings. The predicted octanol–water partition coefficient (Wildman–Crippen LogP) is 1.56. The zero-order valence-electron chi connectivity index (χ0n) is 22.3. The number of primary amides is 1. The average Bonchev–Trinajstić information content (AvgIpc) is 3.43. The van der Waals surface area contributed by atoms with Crippen LogP contribution in [0.1, 0.15) is 25.7 Å². The number of benzene rings is 2. The maximum Gasteiger partial charge on any atom is 0.314 e. The van der Waals surface area contributed by atoms with Crippen LogP contribution < -0.4 is 10.5 Å². The Kier molecular flexibility index (Phi) is 8.64. The number of nitrogens with two attached hydrogens (primary N) is 1. The molecule has 216 valence electrons. The number of likely N-dealkylation sites (tertiary alicyclic amines) is 2. The normalized spacial score (nSPS) is 22.7. The highest BCUT2D eigenvalue weighted by Gasteiger charge is 2.37. The van der Waals surface area contributed by atoms with E-state index in [1.54, 1.807) is 21.9 Å². The minimum Gasteiger partial charge on any atom is -0.351 e. The van der Waals surface area contributed by atoms with Crippen molar-refractivity contribution in [2.45, 2.75) is 42.7 Å². The van der Waals surface area contributed by atoms with E-state index >= 15 is 0 Å². The van der Waals surface area contributed by atoms with E-state index in [1.165, 1.54) is 11.0 Å². The third-order valence-electron chi connectivity index (χ3n) is 8.02. The second-order valence-electron chi connectivity index (χ2n) is 10.8. The van der Waals surface area contributed by atoms with E-state index in [1.807, 2.05) is 18.2 Å². The number of piperazine rings is 1. The van der Waals surface area contributed by atoms with Crippen molar-refractivity contribution in [1.29, 1.82) is 0 Å². The number of urea groups is 1. The summed E-state index contributed by atoms with van der Waals surface area (Å²) < 4.78 is 29.9. The summed E-state index contributed by atoms with van der Waals surface area (Å²) in [4.78, 5) is 45.8. The van der Waals surface area contributed by atoms with E-state index in [9.17, 15) is 22.8 Å². The number of piperidine rings is 1. The number of nitrogens with zero attached hydrogens (tertiary/aromatic N) is 4. The molecule has 13 heteroatoms. The Morgan fingerprint density at radius 1 is 0.975 bits per heavy atom. The highest BCUT2D eigenvalue weighted by Crippen LogP contribution is 2.24. The van der Waals surface area contributed by atoms with Crippen LogP contribution in [0.4, 0.5) is 4.79 Å². The third kappa shape index (κ3) is 6.42. The van der Waals surface area contributed by atoms with Crippen molar-refractivity contribution in [3.05, 3.63) is 40.9 Å². The van der Waals surface area contributed by atoms with Gasteiger partial charge in [0, 0.05) is 37.2 Å². The van der Waals surface area contributed by atoms with E-state index in [0.29, 0.717) is 45.6 Å². The number of sulfonamides is 1. The summed E-state index contributed by atoms with van der Waals surface area (Å²) >= 11 is 3.42. The predicted molar refractivity (Wildman–Crippen MR) is 154 cm³/mol. The van der Waals surface area contributed by atoms with E-state index in [4.69, 9.17) is 5.73 Å². The smallest absolute Gasteiger partial charge is 0.314 e. The molecule has 3 aliphatic heterocycles. The lowest BCUT2D eigenvalue weighted by Crippen LogP contribution is -2.62. The number of carbonyl (C=O) groups excluding carboxylic acids is 3. The highest BCUT2D eigenvalue weighted by molar-refractivity contribution is 9.10. The first-order valence-electron chi connectivity index (χ1n) is 13.7. The molecular formula is C27H35BrN6O5S. The molecule has 2 aromatic carbocycles. The number of amides is 4. The second kappa shape index (κ2) is 12.0. The van der Waals surface area contributed by atoms with Gasteiger partial charge >= 0.3 is 6.03 Å². The monoisotopic (exact) mass is 634 g/mol. The lowest BCUT2D eigenvalue weighted by molar-refractivity contribution is -0.145. The first-order chi connectivity index (χ1) is 19.1. The van der Waals surface area contributed by atoms with Crippen LogP contribution in [0.3, 0.4) is 0 Å². The van der Waals surface area contributed by atoms with Crippen molar-refractivity contribution in [1.82, 2.24) is 24.3 Å². The largest absolute Gasteiger partial charge is 0.351 e. The molecule has 0 radical (unpaired) electrons. The number of hydrogen-bond acceptors (Lipinski definition) is 6. The molecule has 0 spiro atoms. The third-order valence-corrected chi connectivity index (χ3v) is 9.98. The van der Waals surface area contributed by atoms with Crippen LogP contribution in [0.15, 0.2) is 45.8 Å². The lowest BCUT2D eigenvalue weighted by Gasteiger charge is -2.43. The molecule has 0 aliphatic carbocycles. The molecule has 0 aromatic heterocycles. The van der Waals surface area contributed by atoms with Crippen LogP contribution in [0.25, 0.3) is 10.8 Å². The fourth-order valence-electron chi connectivity index (χ4n) is 5.88. The Bertz CT molecular complexity index is 1400. The van der Waals surface area contributed by atoms with Gasteiger partial charge in [-0.25, -0.2) is 13.2 Å². The molecule has 3 aliphatic rings. The molecule has 2 unspecified atom stereocenters. The summed E-state index contributed by atoms with van der Waals surface area (Å²) in [6.07, 6.45) is 3.15. The zero-order chi connectivity index (χ0) is 28.4. The topological polar surface area (TPSA) is 136 Å². The average molecular weight is 636 g/mol. The standard InChI is InChI=1S/C27H35BrN6O5S/c28-21-7-5-20-15-23(8-6-19(20)14-21)40(38,39)30-24-4-3-11-32(26(24)36)18-25(35)34-13-12-33(27(29)37)17-22(34)16-31-9-1-2-10-31/h5-8,14-15,22,24,30H,1-4,9-13,16-18H2,(H2,29,37). The Hall–Kier alpha value is -2.74. The van der Waals surface area contributed by atoms with Gasteiger partial charge in [0.25, 0.3) is 0 Å². The van der Waals surface area contributed by atoms with Gasteiger partial charge in [-0.2, -0.15) is 4.72 Å². The van der Waals surface area contributed by atoms with Gasteiger partial charge in [-0.1, -0.05) is 28.1 Å². The number of halogens is 1. The maximum atomic E-state index is 13.5. The summed E-state index contributed by atoms with van der Waals surface area (Å²) in [7, 11) is -3.96. The van der Waals surface area contributed by atoms with Crippen molar-refractivity contribution >= 4 is 54.6 Å². The summed E-state index contributed by atoms with van der Waals surface area (Å²) in [6, 6.07) is 8.77. The van der Waals surface area contributed by atoms with Crippen molar-refractivity contribution in [2.75, 3.05) is 52.4 Å². The van der Waals surface area contributed by atoms with Gasteiger partial charge in [0.2, 0.25) is 21.8 Å². The van der Waals surface area contributed by atoms with Crippen molar-refractivity contribution in [3.63, 3.8) is 0 Å². The van der Waals surface area contributed by atoms with Gasteiger partial charge in [-0.3, -0.25) is 9.59 Å². The Balaban J connectivity index is 1.25. The molecule has 0 saturated carbocycles. The number of carbonyl (C=O) groups is 3. The Labute approximate surface area is 242 Å². The number of nitrogens with one attached hydrogen (secondary N) is 1. The maximum absolute atomic E-state index is 13.5. The van der Waals surface area contributed by atoms with Gasteiger partial charge in [0.15, 0.2) is 0 Å². The van der Waals surface area contributed by atoms with Gasteiger partial charge in [0.05, 0.1) is 17.5 Å². The molecule has 2 atom stereocenters. The Morgan fingerprint density at radius 3 is 2.45 bits per heavy atom. The molecule has 3 saturated heterocycles. The molecule has 3 heterocycles. The molecule has 11 nitrogen and oxygen atoms in total. The van der Waals surface area contributed by atoms with Crippen molar-refractivity contribution in [3.8, 4) is 0 Å². The van der Waals surface area contributed by atoms with Crippen LogP contribution in [0.2, 0.25) is 0 Å². The first kappa shape index (κ1) is 28.8. The SMILES string of the molecule is NC(=O)N1CCN(C(=O)CN2CCCC(NS(=O)(=O)c3ccc4cc(Br)ccc4c3)C2=O)C(CN2CCCC2)C1. The Morgan fingerprint density at radius 2 is 1.70 bits per heavy atom. The molecule has 4 amide bonds. The molecular weight excluding hydrogens is 600 g/mol. The lowest BCUT2D eigenvalue weighted by atomic mass is 10.1. The summed E-state index contributed by atoms with van der Waals surface area (Å²) in [5, 5.41) is 1.67. The van der Waals surface area contributed by atoms with Gasteiger partial charge in [-0.15, -0.1) is 0 Å². The van der Waals surface area contributed by atoms with Crippen LogP contribution in [-0.4, -0.2) is 110 Å². The number of fused-ring (bicyclic) bond motifs is 1. The van der Waals surface area contributed by atoms with Gasteiger partial charge < -0.3 is 25.3 Å². The molecule has 40 heavy (non-hydrogen) atoms.